The summed E-state index contributed by atoms with van der Waals surface area (Å²) in [6, 6.07) is 23.0. The van der Waals surface area contributed by atoms with E-state index in [0.717, 1.165) is 76.9 Å². The van der Waals surface area contributed by atoms with Gasteiger partial charge >= 0.3 is 18.0 Å². The number of rotatable bonds is 24. The lowest BCUT2D eigenvalue weighted by Gasteiger charge is -2.59. The number of aromatic amines is 1. The van der Waals surface area contributed by atoms with Crippen LogP contribution in [0, 0.1) is 23.7 Å². The van der Waals surface area contributed by atoms with Gasteiger partial charge in [0.15, 0.2) is 16.9 Å². The number of aromatic nitrogens is 5. The summed E-state index contributed by atoms with van der Waals surface area (Å²) >= 11 is 1.38. The number of aliphatic carboxylic acids is 1. The molecule has 6 heterocycles. The number of carboxylic acids is 2. The number of anilines is 2. The number of benzene rings is 3. The smallest absolute Gasteiger partial charge is 0.409 e. The van der Waals surface area contributed by atoms with Gasteiger partial charge in [0.1, 0.15) is 12.4 Å². The number of carbonyl (C=O) groups excluding carboxylic acids is 6. The van der Waals surface area contributed by atoms with Crippen molar-refractivity contribution in [2.75, 3.05) is 43.9 Å². The molecular weight excluding hydrogens is 1220 g/mol. The highest BCUT2D eigenvalue weighted by atomic mass is 32.1. The van der Waals surface area contributed by atoms with Gasteiger partial charge in [-0.2, -0.15) is 5.10 Å². The highest BCUT2D eigenvalue weighted by Crippen LogP contribution is 2.61. The number of hydrogen-bond acceptors (Lipinski definition) is 17. The summed E-state index contributed by atoms with van der Waals surface area (Å²) < 4.78 is 27.3. The minimum absolute atomic E-state index is 0.0568. The van der Waals surface area contributed by atoms with Crippen LogP contribution in [0.1, 0.15) is 117 Å². The molecule has 2 bridgehead atoms. The average molecular weight is 1290 g/mol. The SMILES string of the molecule is CCC1(Cn2ncc(-c3ccc(-c4cc5cccc(C(=O)Nc6nc7ccccc7s6)c5[nH]4)nc3C(=O)O)c2C)CC2(C)CC(C)CC(OCCN(C)C(=O)OCc3ccc(O[C@H]4C[C@@H](O)C[C@@H](C(=O)O)O4)c(NC(=O)CCNC(=O)CCN4C(=O)C=CC4=O)c3)(C2)C1. The number of nitrogens with zero attached hydrogens (tertiary/aromatic N) is 6. The molecule has 2 aliphatic heterocycles. The summed E-state index contributed by atoms with van der Waals surface area (Å²) in [7, 11) is 1.62. The Hall–Kier alpha value is -9.37. The number of H-pyrrole nitrogens is 1. The molecule has 0 radical (unpaired) electrons. The van der Waals surface area contributed by atoms with E-state index in [2.05, 4.69) is 46.7 Å². The number of thiazole rings is 1. The van der Waals surface area contributed by atoms with Crippen LogP contribution in [-0.4, -0.2) is 155 Å². The van der Waals surface area contributed by atoms with Crippen molar-refractivity contribution in [3.05, 3.63) is 120 Å². The van der Waals surface area contributed by atoms with E-state index in [1.807, 2.05) is 48.0 Å². The van der Waals surface area contributed by atoms with Crippen LogP contribution >= 0.6 is 11.3 Å². The minimum Gasteiger partial charge on any atom is -0.479 e. The summed E-state index contributed by atoms with van der Waals surface area (Å²) in [4.78, 5) is 117. The van der Waals surface area contributed by atoms with Gasteiger partial charge < -0.3 is 54.8 Å². The number of aliphatic hydroxyl groups is 1. The lowest BCUT2D eigenvalue weighted by Crippen LogP contribution is -2.56. The molecule has 488 valence electrons. The second kappa shape index (κ2) is 27.1. The van der Waals surface area contributed by atoms with Crippen molar-refractivity contribution < 1.29 is 72.6 Å². The maximum absolute atomic E-state index is 13.6. The zero-order valence-electron chi connectivity index (χ0n) is 52.2. The normalized spacial score (nSPS) is 22.6. The number of ether oxygens (including phenoxy) is 4. The third-order valence-electron chi connectivity index (χ3n) is 18.0. The summed E-state index contributed by atoms with van der Waals surface area (Å²) in [5, 5.41) is 45.1. The Kier molecular flexibility index (Phi) is 19.0. The first kappa shape index (κ1) is 65.1. The van der Waals surface area contributed by atoms with E-state index in [-0.39, 0.29) is 92.4 Å². The van der Waals surface area contributed by atoms with E-state index < -0.39 is 65.8 Å². The summed E-state index contributed by atoms with van der Waals surface area (Å²) in [6.07, 6.45) is 4.32. The van der Waals surface area contributed by atoms with Crippen LogP contribution in [0.4, 0.5) is 15.6 Å². The summed E-state index contributed by atoms with van der Waals surface area (Å²) in [5.74, 6) is -4.46. The number of carboxylic acid groups (broad SMARTS) is 2. The molecule has 7 aromatic rings. The van der Waals surface area contributed by atoms with Crippen LogP contribution in [0.2, 0.25) is 0 Å². The van der Waals surface area contributed by atoms with Gasteiger partial charge in [0.2, 0.25) is 18.1 Å². The maximum Gasteiger partial charge on any atom is 0.409 e. The Labute approximate surface area is 538 Å². The van der Waals surface area contributed by atoms with Crippen LogP contribution in [0.15, 0.2) is 97.2 Å². The molecule has 3 aromatic carbocycles. The first-order valence-corrected chi connectivity index (χ1v) is 31.8. The zero-order chi connectivity index (χ0) is 65.9. The van der Waals surface area contributed by atoms with E-state index in [1.165, 1.54) is 28.4 Å². The Morgan fingerprint density at radius 3 is 2.45 bits per heavy atom. The van der Waals surface area contributed by atoms with E-state index in [1.54, 1.807) is 43.6 Å². The molecule has 4 aliphatic rings. The molecule has 25 nitrogen and oxygen atoms in total. The Bertz CT molecular complexity index is 4050. The van der Waals surface area contributed by atoms with Gasteiger partial charge in [-0.15, -0.1) is 0 Å². The van der Waals surface area contributed by atoms with Crippen LogP contribution in [0.25, 0.3) is 43.6 Å². The number of likely N-dealkylation sites (N-methyl/N-ethyl adjacent to an activating group) is 1. The van der Waals surface area contributed by atoms with E-state index in [4.69, 9.17) is 29.0 Å². The van der Waals surface area contributed by atoms with Gasteiger partial charge in [-0.3, -0.25) is 38.9 Å². The van der Waals surface area contributed by atoms with Gasteiger partial charge in [0.05, 0.1) is 62.9 Å². The molecule has 4 aromatic heterocycles. The standard InChI is InChI=1S/C67H74N10O15S/c1-6-66(37-77-39(3)45(32-69-77)43-15-16-46(71-59(43)62(86)87)48-27-41-10-9-11-44(58(41)72-48)60(83)74-63-73-47-12-7-8-13-52(47)93-63)34-65(4)30-38(2)31-67(35-65,36-66)90-25-24-75(5)64(88)89-33-40-14-17-50(91-57-29-42(78)28-51(92-57)61(84)85)49(26-40)70-54(80)20-22-68-53(79)21-23-76-55(81)18-19-56(76)82/h7-19,26-27,32,38,42,51,57,72,78H,6,20-25,28-31,33-37H2,1-5H3,(H,68,79)(H,70,80)(H,84,85)(H,86,87)(H,73,74,83)/t38?,42-,51-,57+,65?,66?,67?/m0/s1. The van der Waals surface area contributed by atoms with Crippen molar-refractivity contribution in [1.82, 2.24) is 39.8 Å². The van der Waals surface area contributed by atoms with Crippen molar-refractivity contribution in [1.29, 1.82) is 0 Å². The number of aromatic carboxylic acids is 1. The molecule has 7 atom stereocenters. The molecule has 11 rings (SSSR count). The predicted octanol–water partition coefficient (Wildman–Crippen LogP) is 9.09. The minimum atomic E-state index is -1.34. The molecule has 2 aliphatic carbocycles. The van der Waals surface area contributed by atoms with E-state index in [9.17, 15) is 53.7 Å². The van der Waals surface area contributed by atoms with Gasteiger partial charge in [-0.25, -0.2) is 24.4 Å². The lowest BCUT2D eigenvalue weighted by atomic mass is 9.50. The molecule has 26 heteroatoms. The fourth-order valence-corrected chi connectivity index (χ4v) is 15.0. The number of aliphatic hydroxyl groups excluding tert-OH is 1. The molecule has 6 amide bonds. The lowest BCUT2D eigenvalue weighted by molar-refractivity contribution is -0.195. The quantitative estimate of drug-likeness (QED) is 0.0277. The monoisotopic (exact) mass is 1290 g/mol. The first-order valence-electron chi connectivity index (χ1n) is 31.0. The van der Waals surface area contributed by atoms with Gasteiger partial charge in [-0.05, 0) is 116 Å². The number of carbonyl (C=O) groups is 8. The van der Waals surface area contributed by atoms with E-state index >= 15 is 0 Å². The predicted molar refractivity (Wildman–Crippen MR) is 342 cm³/mol. The second-order valence-corrected chi connectivity index (χ2v) is 26.4. The molecular formula is C67H74N10O15S. The Morgan fingerprint density at radius 1 is 0.892 bits per heavy atom. The number of para-hydroxylation sites is 2. The third kappa shape index (κ3) is 14.8. The summed E-state index contributed by atoms with van der Waals surface area (Å²) in [6.45, 7) is 9.26. The zero-order valence-corrected chi connectivity index (χ0v) is 53.0. The van der Waals surface area contributed by atoms with Crippen LogP contribution in [0.5, 0.6) is 5.75 Å². The summed E-state index contributed by atoms with van der Waals surface area (Å²) in [5.41, 5.74) is 4.09. The van der Waals surface area contributed by atoms with E-state index in [0.29, 0.717) is 56.8 Å². The van der Waals surface area contributed by atoms with Crippen LogP contribution in [-0.2, 0) is 51.3 Å². The molecule has 2 saturated carbocycles. The maximum atomic E-state index is 13.6. The van der Waals surface area contributed by atoms with Gasteiger partial charge in [0.25, 0.3) is 17.7 Å². The van der Waals surface area contributed by atoms with Gasteiger partial charge in [-0.1, -0.05) is 62.4 Å². The largest absolute Gasteiger partial charge is 0.479 e. The number of imide groups is 1. The topological polar surface area (TPSA) is 336 Å². The van der Waals surface area contributed by atoms with Crippen LogP contribution < -0.4 is 20.7 Å². The van der Waals surface area contributed by atoms with Crippen molar-refractivity contribution >= 4 is 90.8 Å². The molecule has 4 unspecified atom stereocenters. The number of hydrogen-bond donors (Lipinski definition) is 7. The molecule has 1 saturated heterocycles. The average Bonchev–Trinajstić information content (AvgIpc) is 1.69. The van der Waals surface area contributed by atoms with Crippen molar-refractivity contribution in [3.8, 4) is 28.3 Å². The van der Waals surface area contributed by atoms with Crippen molar-refractivity contribution in [2.24, 2.45) is 16.7 Å². The number of fused-ring (bicyclic) bond motifs is 4. The Morgan fingerprint density at radius 2 is 1.69 bits per heavy atom. The second-order valence-electron chi connectivity index (χ2n) is 25.3. The number of nitrogens with one attached hydrogen (secondary N) is 4. The Balaban J connectivity index is 0.724. The highest BCUT2D eigenvalue weighted by molar-refractivity contribution is 7.22. The fourth-order valence-electron chi connectivity index (χ4n) is 14.1. The number of amides is 6. The molecule has 7 N–H and O–H groups in total. The van der Waals surface area contributed by atoms with Crippen molar-refractivity contribution in [3.63, 3.8) is 0 Å². The first-order chi connectivity index (χ1) is 44.5. The van der Waals surface area contributed by atoms with Crippen LogP contribution in [0.3, 0.4) is 0 Å². The molecule has 3 fully saturated rings. The van der Waals surface area contributed by atoms with Gasteiger partial charge in [0, 0.05) is 93.3 Å². The third-order valence-corrected chi connectivity index (χ3v) is 18.9. The molecule has 93 heavy (non-hydrogen) atoms. The highest BCUT2D eigenvalue weighted by Gasteiger charge is 2.56. The van der Waals surface area contributed by atoms with Crippen molar-refractivity contribution in [2.45, 2.75) is 129 Å². The fraction of sp³-hybridized carbons (Fsp3) is 0.418. The molecule has 0 spiro atoms. The number of pyridine rings is 1.